The Kier molecular flexibility index (Phi) is 6.78. The van der Waals surface area contributed by atoms with Crippen molar-refractivity contribution in [3.05, 3.63) is 0 Å². The van der Waals surface area contributed by atoms with Crippen LogP contribution >= 0.6 is 0 Å². The topological polar surface area (TPSA) is 43.6 Å². The molecule has 0 amide bonds. The molecule has 3 heteroatoms. The van der Waals surface area contributed by atoms with E-state index in [-0.39, 0.29) is 0 Å². The molecule has 0 aliphatic carbocycles. The van der Waals surface area contributed by atoms with Crippen LogP contribution in [-0.2, 0) is 4.74 Å². The molecule has 0 fully saturated rings. The van der Waals surface area contributed by atoms with E-state index in [9.17, 15) is 0 Å². The molecule has 0 unspecified atom stereocenters. The van der Waals surface area contributed by atoms with Gasteiger partial charge in [-0.1, -0.05) is 12.4 Å². The molecule has 0 saturated carbocycles. The third-order valence-electron chi connectivity index (χ3n) is 0.684. The molecule has 0 aromatic heterocycles. The Bertz CT molecular complexity index is 35.4. The molecule has 0 atom stereocenters. The van der Waals surface area contributed by atoms with Gasteiger partial charge in [0.25, 0.3) is 0 Å². The lowest BCUT2D eigenvalue weighted by molar-refractivity contribution is 0.0857. The zero-order valence-corrected chi connectivity index (χ0v) is 5.13. The van der Waals surface area contributed by atoms with Gasteiger partial charge in [-0.2, -0.15) is 0 Å². The molecule has 8 heavy (non-hydrogen) atoms. The number of hydrogen-bond acceptors (Lipinski definition) is 2. The van der Waals surface area contributed by atoms with Crippen molar-refractivity contribution in [1.82, 2.24) is 5.48 Å². The summed E-state index contributed by atoms with van der Waals surface area (Å²) in [6.45, 7) is 3.72. The Morgan fingerprint density at radius 2 is 2.25 bits per heavy atom. The van der Waals surface area contributed by atoms with Crippen LogP contribution in [0.1, 0.15) is 13.3 Å². The number of nitrogens with zero attached hydrogens (tertiary/aromatic N) is 1. The highest BCUT2D eigenvalue weighted by Gasteiger charge is 1.83. The van der Waals surface area contributed by atoms with Crippen LogP contribution < -0.4 is 5.48 Å². The van der Waals surface area contributed by atoms with E-state index in [2.05, 4.69) is 5.48 Å². The molecule has 0 aromatic rings. The van der Waals surface area contributed by atoms with Gasteiger partial charge in [0, 0.05) is 6.61 Å². The summed E-state index contributed by atoms with van der Waals surface area (Å²) in [5, 5.41) is 7.91. The van der Waals surface area contributed by atoms with Gasteiger partial charge in [-0.3, -0.25) is 5.21 Å². The van der Waals surface area contributed by atoms with Crippen LogP contribution in [0.2, 0.25) is 0 Å². The van der Waals surface area contributed by atoms with E-state index in [1.165, 1.54) is 0 Å². The molecule has 49 valence electrons. The van der Waals surface area contributed by atoms with Crippen LogP contribution in [0.15, 0.2) is 0 Å². The maximum Gasteiger partial charge on any atom is 0.0658 e. The standard InChI is InChI=1S/C5H12NO2/c1-2-4-8-5-3-6-7/h7H,2-5H2,1H3. The molecular weight excluding hydrogens is 106 g/mol. The first-order valence-corrected chi connectivity index (χ1v) is 2.80. The molecular formula is C5H12NO2. The SMILES string of the molecule is CCCOCC[N]O. The fraction of sp³-hybridized carbons (Fsp3) is 1.00. The quantitative estimate of drug-likeness (QED) is 0.419. The van der Waals surface area contributed by atoms with Gasteiger partial charge in [0.2, 0.25) is 0 Å². The molecule has 0 aromatic carbocycles. The van der Waals surface area contributed by atoms with Crippen LogP contribution in [0.4, 0.5) is 0 Å². The van der Waals surface area contributed by atoms with Crippen LogP contribution in [0.5, 0.6) is 0 Å². The first kappa shape index (κ1) is 7.88. The lowest BCUT2D eigenvalue weighted by Gasteiger charge is -1.96. The summed E-state index contributed by atoms with van der Waals surface area (Å²) in [5.41, 5.74) is 2.88. The highest BCUT2D eigenvalue weighted by atomic mass is 16.5. The first-order valence-electron chi connectivity index (χ1n) is 2.80. The predicted octanol–water partition coefficient (Wildman–Crippen LogP) is 0.407. The number of hydrogen-bond donors (Lipinski definition) is 1. The minimum atomic E-state index is 0.389. The van der Waals surface area contributed by atoms with Gasteiger partial charge < -0.3 is 4.74 Å². The summed E-state index contributed by atoms with van der Waals surface area (Å²) in [6, 6.07) is 0. The van der Waals surface area contributed by atoms with Crippen LogP contribution in [0.25, 0.3) is 0 Å². The fourth-order valence-corrected chi connectivity index (χ4v) is 0.352. The van der Waals surface area contributed by atoms with E-state index in [4.69, 9.17) is 9.94 Å². The van der Waals surface area contributed by atoms with E-state index in [0.29, 0.717) is 13.2 Å². The molecule has 0 spiro atoms. The van der Waals surface area contributed by atoms with Crippen molar-refractivity contribution in [3.8, 4) is 0 Å². The zero-order chi connectivity index (χ0) is 6.24. The summed E-state index contributed by atoms with van der Waals surface area (Å²) < 4.78 is 4.97. The molecule has 0 heterocycles. The smallest absolute Gasteiger partial charge is 0.0658 e. The van der Waals surface area contributed by atoms with Gasteiger partial charge in [-0.05, 0) is 6.42 Å². The number of rotatable bonds is 5. The number of ether oxygens (including phenoxy) is 1. The molecule has 0 bridgehead atoms. The van der Waals surface area contributed by atoms with Gasteiger partial charge >= 0.3 is 0 Å². The molecule has 0 saturated heterocycles. The number of hydroxylamine groups is 1. The van der Waals surface area contributed by atoms with E-state index in [1.807, 2.05) is 6.92 Å². The van der Waals surface area contributed by atoms with Crippen LogP contribution in [0.3, 0.4) is 0 Å². The second-order valence-electron chi connectivity index (χ2n) is 1.48. The van der Waals surface area contributed by atoms with Crippen molar-refractivity contribution in [2.24, 2.45) is 0 Å². The zero-order valence-electron chi connectivity index (χ0n) is 5.13. The monoisotopic (exact) mass is 118 g/mol. The van der Waals surface area contributed by atoms with Crippen molar-refractivity contribution < 1.29 is 9.94 Å². The maximum absolute atomic E-state index is 7.91. The summed E-state index contributed by atoms with van der Waals surface area (Å²) in [7, 11) is 0. The largest absolute Gasteiger partial charge is 0.380 e. The second kappa shape index (κ2) is 6.88. The van der Waals surface area contributed by atoms with Crippen LogP contribution in [0, 0.1) is 0 Å². The lowest BCUT2D eigenvalue weighted by atomic mass is 10.5. The molecule has 0 rings (SSSR count). The third kappa shape index (κ3) is 5.88. The molecule has 0 aliphatic rings. The minimum absolute atomic E-state index is 0.389. The summed E-state index contributed by atoms with van der Waals surface area (Å²) in [4.78, 5) is 0. The Morgan fingerprint density at radius 3 is 2.75 bits per heavy atom. The van der Waals surface area contributed by atoms with E-state index in [0.717, 1.165) is 13.0 Å². The molecule has 0 aliphatic heterocycles. The lowest BCUT2D eigenvalue weighted by Crippen LogP contribution is -2.08. The Labute approximate surface area is 49.6 Å². The van der Waals surface area contributed by atoms with E-state index < -0.39 is 0 Å². The second-order valence-corrected chi connectivity index (χ2v) is 1.48. The first-order chi connectivity index (χ1) is 3.91. The van der Waals surface area contributed by atoms with Crippen molar-refractivity contribution in [1.29, 1.82) is 0 Å². The minimum Gasteiger partial charge on any atom is -0.380 e. The third-order valence-corrected chi connectivity index (χ3v) is 0.684. The normalized spacial score (nSPS) is 9.75. The van der Waals surface area contributed by atoms with Crippen molar-refractivity contribution >= 4 is 0 Å². The van der Waals surface area contributed by atoms with Crippen molar-refractivity contribution in [3.63, 3.8) is 0 Å². The highest BCUT2D eigenvalue weighted by Crippen LogP contribution is 1.77. The van der Waals surface area contributed by atoms with Crippen molar-refractivity contribution in [2.75, 3.05) is 19.8 Å². The molecule has 1 N–H and O–H groups in total. The van der Waals surface area contributed by atoms with Gasteiger partial charge in [0.05, 0.1) is 13.2 Å². The summed E-state index contributed by atoms with van der Waals surface area (Å²) in [5.74, 6) is 0. The van der Waals surface area contributed by atoms with E-state index >= 15 is 0 Å². The van der Waals surface area contributed by atoms with Crippen LogP contribution in [-0.4, -0.2) is 25.0 Å². The summed E-state index contributed by atoms with van der Waals surface area (Å²) >= 11 is 0. The Balaban J connectivity index is 2.53. The van der Waals surface area contributed by atoms with Gasteiger partial charge in [0.15, 0.2) is 0 Å². The van der Waals surface area contributed by atoms with Gasteiger partial charge in [-0.25, -0.2) is 0 Å². The highest BCUT2D eigenvalue weighted by molar-refractivity contribution is 4.30. The fourth-order valence-electron chi connectivity index (χ4n) is 0.352. The average molecular weight is 118 g/mol. The van der Waals surface area contributed by atoms with E-state index in [1.54, 1.807) is 0 Å². The molecule has 3 nitrogen and oxygen atoms in total. The molecule has 1 radical (unpaired) electrons. The predicted molar refractivity (Wildman–Crippen MR) is 29.9 cm³/mol. The Hall–Kier alpha value is -0.120. The van der Waals surface area contributed by atoms with Gasteiger partial charge in [-0.15, -0.1) is 0 Å². The Morgan fingerprint density at radius 1 is 1.50 bits per heavy atom. The van der Waals surface area contributed by atoms with Crippen molar-refractivity contribution in [2.45, 2.75) is 13.3 Å². The average Bonchev–Trinajstić information content (AvgIpc) is 1.81. The summed E-state index contributed by atoms with van der Waals surface area (Å²) in [6.07, 6.45) is 1.02. The maximum atomic E-state index is 7.91. The van der Waals surface area contributed by atoms with Gasteiger partial charge in [0.1, 0.15) is 0 Å².